The molecule has 230 valence electrons. The third-order valence-corrected chi connectivity index (χ3v) is 10.2. The number of likely N-dealkylation sites (tertiary alicyclic amines) is 1. The van der Waals surface area contributed by atoms with E-state index < -0.39 is 0 Å². The molecule has 6 rings (SSSR count). The Kier molecular flexibility index (Phi) is 9.56. The highest BCUT2D eigenvalue weighted by molar-refractivity contribution is 6.32. The third kappa shape index (κ3) is 7.25. The lowest BCUT2D eigenvalue weighted by Crippen LogP contribution is -2.44. The van der Waals surface area contributed by atoms with Gasteiger partial charge in [-0.15, -0.1) is 0 Å². The van der Waals surface area contributed by atoms with Gasteiger partial charge in [-0.1, -0.05) is 41.4 Å². The molecule has 2 aromatic heterocycles. The number of nitrogens with zero attached hydrogens (tertiary/aromatic N) is 4. The first-order valence-electron chi connectivity index (χ1n) is 15.7. The van der Waals surface area contributed by atoms with E-state index in [1.807, 2.05) is 12.4 Å². The van der Waals surface area contributed by atoms with E-state index in [4.69, 9.17) is 28.2 Å². The number of pyridine rings is 2. The summed E-state index contributed by atoms with van der Waals surface area (Å²) in [5.74, 6) is 0. The molecule has 1 saturated heterocycles. The molecular formula is C39H40Cl2N4. The molecule has 6 heteroatoms. The first kappa shape index (κ1) is 31.3. The van der Waals surface area contributed by atoms with E-state index in [2.05, 4.69) is 121 Å². The Hall–Kier alpha value is -3.70. The van der Waals surface area contributed by atoms with Crippen LogP contribution in [-0.4, -0.2) is 34.0 Å². The largest absolute Gasteiger partial charge is 0.364 e. The van der Waals surface area contributed by atoms with Crippen LogP contribution in [0.4, 0.5) is 5.69 Å². The molecule has 0 amide bonds. The first-order chi connectivity index (χ1) is 21.7. The van der Waals surface area contributed by atoms with E-state index in [0.717, 1.165) is 93.8 Å². The number of aryl methyl sites for hydroxylation is 4. The molecule has 0 bridgehead atoms. The smallest absolute Gasteiger partial charge is 0.0705 e. The van der Waals surface area contributed by atoms with Crippen molar-refractivity contribution in [2.45, 2.75) is 59.7 Å². The minimum absolute atomic E-state index is 0.452. The third-order valence-electron chi connectivity index (χ3n) is 8.96. The van der Waals surface area contributed by atoms with Crippen LogP contribution >= 0.6 is 23.2 Å². The molecule has 3 heterocycles. The van der Waals surface area contributed by atoms with Crippen molar-refractivity contribution in [1.82, 2.24) is 14.9 Å². The zero-order valence-corrected chi connectivity index (χ0v) is 28.0. The van der Waals surface area contributed by atoms with Gasteiger partial charge in [0.15, 0.2) is 0 Å². The van der Waals surface area contributed by atoms with Gasteiger partial charge in [-0.05, 0) is 135 Å². The number of anilines is 1. The van der Waals surface area contributed by atoms with Gasteiger partial charge in [-0.25, -0.2) is 0 Å². The van der Waals surface area contributed by atoms with Crippen LogP contribution in [0.2, 0.25) is 10.0 Å². The number of piperidine rings is 1. The highest BCUT2D eigenvalue weighted by Gasteiger charge is 2.25. The van der Waals surface area contributed by atoms with Crippen molar-refractivity contribution in [3.8, 4) is 22.5 Å². The van der Waals surface area contributed by atoms with Gasteiger partial charge in [-0.2, -0.15) is 0 Å². The monoisotopic (exact) mass is 634 g/mol. The van der Waals surface area contributed by atoms with Crippen LogP contribution in [0.15, 0.2) is 91.3 Å². The van der Waals surface area contributed by atoms with Crippen LogP contribution in [0.25, 0.3) is 22.5 Å². The van der Waals surface area contributed by atoms with Crippen LogP contribution in [0.3, 0.4) is 0 Å². The summed E-state index contributed by atoms with van der Waals surface area (Å²) in [6.07, 6.45) is 6.08. The van der Waals surface area contributed by atoms with Gasteiger partial charge in [0.05, 0.1) is 11.4 Å². The lowest BCUT2D eigenvalue weighted by molar-refractivity contribution is 0.201. The quantitative estimate of drug-likeness (QED) is 0.170. The maximum atomic E-state index is 6.46. The highest BCUT2D eigenvalue weighted by Crippen LogP contribution is 2.31. The van der Waals surface area contributed by atoms with Crippen LogP contribution in [0.1, 0.15) is 46.2 Å². The molecule has 0 radical (unpaired) electrons. The minimum Gasteiger partial charge on any atom is -0.364 e. The van der Waals surface area contributed by atoms with E-state index >= 15 is 0 Å². The first-order valence-corrected chi connectivity index (χ1v) is 16.5. The Labute approximate surface area is 277 Å². The SMILES string of the molecule is Cc1cc(-c2cc(CN3CCC(N(Cc4ccnc(-c5cc(C)c(Cl)c(C)c5)c4)c4ccccc4)CC3)ccn2)cc(C)c1Cl. The van der Waals surface area contributed by atoms with Crippen molar-refractivity contribution in [3.05, 3.63) is 135 Å². The standard InChI is InChI=1S/C39H40Cl2N4/c1-26-18-32(19-27(2)38(26)40)36-22-30(10-14-42-36)24-44-16-12-35(13-17-44)45(34-8-6-5-7-9-34)25-31-11-15-43-37(23-31)33-20-28(3)39(41)29(4)21-33/h5-11,14-15,18-23,35H,12-13,16-17,24-25H2,1-4H3. The van der Waals surface area contributed by atoms with Crippen molar-refractivity contribution >= 4 is 28.9 Å². The summed E-state index contributed by atoms with van der Waals surface area (Å²) in [6.45, 7) is 12.1. The second-order valence-electron chi connectivity index (χ2n) is 12.4. The molecule has 0 spiro atoms. The molecule has 5 aromatic rings. The van der Waals surface area contributed by atoms with Crippen molar-refractivity contribution < 1.29 is 0 Å². The van der Waals surface area contributed by atoms with Crippen LogP contribution in [-0.2, 0) is 13.1 Å². The number of aromatic nitrogens is 2. The van der Waals surface area contributed by atoms with Gasteiger partial charge in [-0.3, -0.25) is 14.9 Å². The van der Waals surface area contributed by atoms with Crippen molar-refractivity contribution in [3.63, 3.8) is 0 Å². The topological polar surface area (TPSA) is 32.3 Å². The van der Waals surface area contributed by atoms with Gasteiger partial charge in [0, 0.05) is 71.5 Å². The molecule has 1 fully saturated rings. The van der Waals surface area contributed by atoms with E-state index in [9.17, 15) is 0 Å². The number of halogens is 2. The fourth-order valence-corrected chi connectivity index (χ4v) is 6.76. The average Bonchev–Trinajstić information content (AvgIpc) is 3.05. The van der Waals surface area contributed by atoms with Gasteiger partial charge < -0.3 is 4.90 Å². The summed E-state index contributed by atoms with van der Waals surface area (Å²) in [5, 5.41) is 1.66. The maximum absolute atomic E-state index is 6.46. The average molecular weight is 636 g/mol. The fraction of sp³-hybridized carbons (Fsp3) is 0.282. The molecule has 0 unspecified atom stereocenters. The normalized spacial score (nSPS) is 14.1. The van der Waals surface area contributed by atoms with Crippen molar-refractivity contribution in [2.75, 3.05) is 18.0 Å². The summed E-state index contributed by atoms with van der Waals surface area (Å²) in [4.78, 5) is 14.6. The molecule has 45 heavy (non-hydrogen) atoms. The summed E-state index contributed by atoms with van der Waals surface area (Å²) < 4.78 is 0. The molecule has 1 aliphatic rings. The Morgan fingerprint density at radius 1 is 0.667 bits per heavy atom. The lowest BCUT2D eigenvalue weighted by atomic mass is 9.99. The molecule has 3 aromatic carbocycles. The van der Waals surface area contributed by atoms with Gasteiger partial charge >= 0.3 is 0 Å². The predicted molar refractivity (Wildman–Crippen MR) is 189 cm³/mol. The summed E-state index contributed by atoms with van der Waals surface area (Å²) in [5.41, 5.74) is 12.4. The molecule has 0 saturated carbocycles. The maximum Gasteiger partial charge on any atom is 0.0705 e. The van der Waals surface area contributed by atoms with Crippen molar-refractivity contribution in [1.29, 1.82) is 0 Å². The number of rotatable bonds is 8. The van der Waals surface area contributed by atoms with Gasteiger partial charge in [0.2, 0.25) is 0 Å². The molecule has 4 nitrogen and oxygen atoms in total. The highest BCUT2D eigenvalue weighted by atomic mass is 35.5. The zero-order chi connectivity index (χ0) is 31.5. The van der Waals surface area contributed by atoms with Crippen LogP contribution in [0, 0.1) is 27.7 Å². The number of hydrogen-bond acceptors (Lipinski definition) is 4. The Balaban J connectivity index is 1.16. The van der Waals surface area contributed by atoms with Crippen molar-refractivity contribution in [2.24, 2.45) is 0 Å². The number of benzene rings is 3. The second kappa shape index (κ2) is 13.7. The minimum atomic E-state index is 0.452. The predicted octanol–water partition coefficient (Wildman–Crippen LogP) is 10.0. The summed E-state index contributed by atoms with van der Waals surface area (Å²) >= 11 is 12.9. The summed E-state index contributed by atoms with van der Waals surface area (Å²) in [7, 11) is 0. The summed E-state index contributed by atoms with van der Waals surface area (Å²) in [6, 6.07) is 28.6. The Morgan fingerprint density at radius 2 is 1.16 bits per heavy atom. The second-order valence-corrected chi connectivity index (χ2v) is 13.2. The Bertz CT molecular complexity index is 1750. The van der Waals surface area contributed by atoms with Crippen LogP contribution < -0.4 is 4.90 Å². The molecular weight excluding hydrogens is 595 g/mol. The van der Waals surface area contributed by atoms with E-state index in [1.165, 1.54) is 16.8 Å². The zero-order valence-electron chi connectivity index (χ0n) is 26.5. The van der Waals surface area contributed by atoms with E-state index in [0.29, 0.717) is 6.04 Å². The fourth-order valence-electron chi connectivity index (χ4n) is 6.54. The molecule has 1 aliphatic heterocycles. The lowest BCUT2D eigenvalue weighted by Gasteiger charge is -2.40. The molecule has 0 N–H and O–H groups in total. The van der Waals surface area contributed by atoms with Gasteiger partial charge in [0.25, 0.3) is 0 Å². The van der Waals surface area contributed by atoms with Crippen LogP contribution in [0.5, 0.6) is 0 Å². The number of para-hydroxylation sites is 1. The van der Waals surface area contributed by atoms with E-state index in [1.54, 1.807) is 0 Å². The number of hydrogen-bond donors (Lipinski definition) is 0. The molecule has 0 aliphatic carbocycles. The van der Waals surface area contributed by atoms with E-state index in [-0.39, 0.29) is 0 Å². The van der Waals surface area contributed by atoms with Gasteiger partial charge in [0.1, 0.15) is 0 Å². The molecule has 0 atom stereocenters. The Morgan fingerprint density at radius 3 is 1.69 bits per heavy atom.